The van der Waals surface area contributed by atoms with Crippen LogP contribution in [0.1, 0.15) is 25.8 Å². The van der Waals surface area contributed by atoms with Crippen molar-refractivity contribution in [2.75, 3.05) is 19.6 Å². The molecule has 0 aliphatic carbocycles. The van der Waals surface area contributed by atoms with E-state index in [4.69, 9.17) is 4.74 Å². The summed E-state index contributed by atoms with van der Waals surface area (Å²) in [5.41, 5.74) is 1.02. The van der Waals surface area contributed by atoms with Gasteiger partial charge in [-0.15, -0.1) is 0 Å². The van der Waals surface area contributed by atoms with E-state index in [0.717, 1.165) is 31.6 Å². The Balaban J connectivity index is 1.80. The summed E-state index contributed by atoms with van der Waals surface area (Å²) in [6.45, 7) is 7.06. The maximum atomic E-state index is 12.1. The number of carbonyl (C=O) groups excluding carboxylic acids is 1. The van der Waals surface area contributed by atoms with Gasteiger partial charge in [-0.05, 0) is 17.9 Å². The fourth-order valence-electron chi connectivity index (χ4n) is 2.53. The summed E-state index contributed by atoms with van der Waals surface area (Å²) in [6.07, 6.45) is 0.881. The third-order valence-electron chi connectivity index (χ3n) is 3.47. The second-order valence-electron chi connectivity index (χ2n) is 5.77. The molecule has 20 heavy (non-hydrogen) atoms. The Morgan fingerprint density at radius 3 is 2.85 bits per heavy atom. The fourth-order valence-corrected chi connectivity index (χ4v) is 2.53. The number of nitrogens with one attached hydrogen (secondary N) is 1. The molecule has 1 heterocycles. The highest BCUT2D eigenvalue weighted by Crippen LogP contribution is 2.11. The smallest absolute Gasteiger partial charge is 0.410 e. The first-order valence-corrected chi connectivity index (χ1v) is 7.34. The van der Waals surface area contributed by atoms with Crippen molar-refractivity contribution >= 4 is 6.09 Å². The maximum Gasteiger partial charge on any atom is 0.410 e. The highest BCUT2D eigenvalue weighted by Gasteiger charge is 2.24. The van der Waals surface area contributed by atoms with Gasteiger partial charge >= 0.3 is 6.09 Å². The molecule has 0 spiro atoms. The minimum absolute atomic E-state index is 0.205. The molecule has 1 aromatic carbocycles. The Morgan fingerprint density at radius 1 is 1.40 bits per heavy atom. The van der Waals surface area contributed by atoms with Crippen LogP contribution >= 0.6 is 0 Å². The maximum absolute atomic E-state index is 12.1. The highest BCUT2D eigenvalue weighted by atomic mass is 16.6. The molecule has 1 amide bonds. The van der Waals surface area contributed by atoms with Gasteiger partial charge in [0, 0.05) is 25.7 Å². The Labute approximate surface area is 121 Å². The van der Waals surface area contributed by atoms with Crippen molar-refractivity contribution < 1.29 is 9.53 Å². The second kappa shape index (κ2) is 7.29. The summed E-state index contributed by atoms with van der Waals surface area (Å²) < 4.78 is 5.38. The van der Waals surface area contributed by atoms with Gasteiger partial charge in [0.1, 0.15) is 6.61 Å². The van der Waals surface area contributed by atoms with Crippen molar-refractivity contribution in [2.45, 2.75) is 32.9 Å². The molecular weight excluding hydrogens is 252 g/mol. The monoisotopic (exact) mass is 276 g/mol. The van der Waals surface area contributed by atoms with Crippen molar-refractivity contribution in [1.29, 1.82) is 0 Å². The number of rotatable bonds is 4. The molecule has 4 heteroatoms. The van der Waals surface area contributed by atoms with Gasteiger partial charge in [0.25, 0.3) is 0 Å². The number of hydrogen-bond acceptors (Lipinski definition) is 3. The van der Waals surface area contributed by atoms with Gasteiger partial charge in [0.2, 0.25) is 0 Å². The summed E-state index contributed by atoms with van der Waals surface area (Å²) in [6, 6.07) is 10.2. The first kappa shape index (κ1) is 14.9. The zero-order chi connectivity index (χ0) is 14.4. The van der Waals surface area contributed by atoms with E-state index in [-0.39, 0.29) is 6.09 Å². The van der Waals surface area contributed by atoms with E-state index in [9.17, 15) is 4.79 Å². The lowest BCUT2D eigenvalue weighted by Crippen LogP contribution is -2.53. The quantitative estimate of drug-likeness (QED) is 0.919. The average Bonchev–Trinajstić information content (AvgIpc) is 2.45. The standard InChI is InChI=1S/C16H24N2O2/c1-13(2)10-15-11-18(9-8-17-15)16(19)20-12-14-6-4-3-5-7-14/h3-7,13,15,17H,8-12H2,1-2H3/t15-/m1/s1. The normalized spacial score (nSPS) is 19.1. The third kappa shape index (κ3) is 4.53. The molecule has 0 saturated carbocycles. The second-order valence-corrected chi connectivity index (χ2v) is 5.77. The van der Waals surface area contributed by atoms with Crippen molar-refractivity contribution in [3.05, 3.63) is 35.9 Å². The predicted octanol–water partition coefficient (Wildman–Crippen LogP) is 2.64. The lowest BCUT2D eigenvalue weighted by molar-refractivity contribution is 0.0831. The number of hydrogen-bond donors (Lipinski definition) is 1. The van der Waals surface area contributed by atoms with Crippen LogP contribution in [0, 0.1) is 5.92 Å². The number of benzene rings is 1. The van der Waals surface area contributed by atoms with Crippen LogP contribution in [0.15, 0.2) is 30.3 Å². The molecule has 1 fully saturated rings. The molecule has 110 valence electrons. The van der Waals surface area contributed by atoms with E-state index in [2.05, 4.69) is 19.2 Å². The SMILES string of the molecule is CC(C)C[C@@H]1CN(C(=O)OCc2ccccc2)CCN1. The molecule has 4 nitrogen and oxygen atoms in total. The third-order valence-corrected chi connectivity index (χ3v) is 3.47. The van der Waals surface area contributed by atoms with E-state index in [1.807, 2.05) is 35.2 Å². The van der Waals surface area contributed by atoms with Crippen molar-refractivity contribution in [3.63, 3.8) is 0 Å². The number of carbonyl (C=O) groups is 1. The first-order chi connectivity index (χ1) is 9.65. The van der Waals surface area contributed by atoms with Crippen LogP contribution in [0.5, 0.6) is 0 Å². The summed E-state index contributed by atoms with van der Waals surface area (Å²) in [7, 11) is 0. The van der Waals surface area contributed by atoms with E-state index in [1.54, 1.807) is 0 Å². The lowest BCUT2D eigenvalue weighted by Gasteiger charge is -2.33. The Morgan fingerprint density at radius 2 is 2.15 bits per heavy atom. The predicted molar refractivity (Wildman–Crippen MR) is 79.4 cm³/mol. The largest absolute Gasteiger partial charge is 0.445 e. The molecule has 2 rings (SSSR count). The molecule has 1 aliphatic rings. The zero-order valence-corrected chi connectivity index (χ0v) is 12.3. The molecule has 0 radical (unpaired) electrons. The number of amides is 1. The van der Waals surface area contributed by atoms with Crippen molar-refractivity contribution in [1.82, 2.24) is 10.2 Å². The van der Waals surface area contributed by atoms with Crippen LogP contribution in [0.4, 0.5) is 4.79 Å². The van der Waals surface area contributed by atoms with Gasteiger partial charge in [0.15, 0.2) is 0 Å². The van der Waals surface area contributed by atoms with Gasteiger partial charge < -0.3 is 15.0 Å². The van der Waals surface area contributed by atoms with E-state index in [1.165, 1.54) is 0 Å². The number of ether oxygens (including phenoxy) is 1. The number of piperazine rings is 1. The van der Waals surface area contributed by atoms with Crippen molar-refractivity contribution in [2.24, 2.45) is 5.92 Å². The molecule has 1 aliphatic heterocycles. The fraction of sp³-hybridized carbons (Fsp3) is 0.562. The lowest BCUT2D eigenvalue weighted by atomic mass is 10.0. The van der Waals surface area contributed by atoms with E-state index in [0.29, 0.717) is 18.6 Å². The van der Waals surface area contributed by atoms with Gasteiger partial charge in [-0.2, -0.15) is 0 Å². The Kier molecular flexibility index (Phi) is 5.41. The Hall–Kier alpha value is -1.55. The molecule has 1 saturated heterocycles. The molecule has 1 N–H and O–H groups in total. The van der Waals surface area contributed by atoms with Crippen LogP contribution in [0.2, 0.25) is 0 Å². The van der Waals surface area contributed by atoms with Gasteiger partial charge in [0.05, 0.1) is 0 Å². The van der Waals surface area contributed by atoms with Gasteiger partial charge in [-0.1, -0.05) is 44.2 Å². The minimum atomic E-state index is -0.205. The summed E-state index contributed by atoms with van der Waals surface area (Å²) >= 11 is 0. The number of nitrogens with zero attached hydrogens (tertiary/aromatic N) is 1. The molecular formula is C16H24N2O2. The first-order valence-electron chi connectivity index (χ1n) is 7.34. The van der Waals surface area contributed by atoms with Crippen LogP contribution in [0.25, 0.3) is 0 Å². The highest BCUT2D eigenvalue weighted by molar-refractivity contribution is 5.67. The van der Waals surface area contributed by atoms with Crippen LogP contribution in [0.3, 0.4) is 0 Å². The molecule has 0 bridgehead atoms. The Bertz CT molecular complexity index is 420. The zero-order valence-electron chi connectivity index (χ0n) is 12.3. The summed E-state index contributed by atoms with van der Waals surface area (Å²) in [4.78, 5) is 13.9. The van der Waals surface area contributed by atoms with Gasteiger partial charge in [-0.3, -0.25) is 0 Å². The average molecular weight is 276 g/mol. The summed E-state index contributed by atoms with van der Waals surface area (Å²) in [5.74, 6) is 0.632. The minimum Gasteiger partial charge on any atom is -0.445 e. The molecule has 1 aromatic rings. The molecule has 0 unspecified atom stereocenters. The van der Waals surface area contributed by atoms with Crippen LogP contribution < -0.4 is 5.32 Å². The van der Waals surface area contributed by atoms with E-state index >= 15 is 0 Å². The van der Waals surface area contributed by atoms with Crippen molar-refractivity contribution in [3.8, 4) is 0 Å². The topological polar surface area (TPSA) is 41.6 Å². The molecule has 1 atom stereocenters. The van der Waals surface area contributed by atoms with Crippen LogP contribution in [-0.4, -0.2) is 36.7 Å². The van der Waals surface area contributed by atoms with E-state index < -0.39 is 0 Å². The van der Waals surface area contributed by atoms with Gasteiger partial charge in [-0.25, -0.2) is 4.79 Å². The summed E-state index contributed by atoms with van der Waals surface area (Å²) in [5, 5.41) is 3.46. The molecule has 0 aromatic heterocycles. The van der Waals surface area contributed by atoms with Crippen LogP contribution in [-0.2, 0) is 11.3 Å².